The Labute approximate surface area is 191 Å². The lowest BCUT2D eigenvalue weighted by Crippen LogP contribution is -2.29. The Morgan fingerprint density at radius 1 is 1.03 bits per heavy atom. The van der Waals surface area contributed by atoms with Crippen molar-refractivity contribution in [1.82, 2.24) is 0 Å². The van der Waals surface area contributed by atoms with Gasteiger partial charge in [-0.1, -0.05) is 42.8 Å². The molecule has 6 heteroatoms. The Hall–Kier alpha value is -3.93. The van der Waals surface area contributed by atoms with Gasteiger partial charge in [0.05, 0.1) is 18.2 Å². The zero-order valence-electron chi connectivity index (χ0n) is 18.4. The highest BCUT2D eigenvalue weighted by Gasteiger charge is 2.47. The van der Waals surface area contributed by atoms with Crippen LogP contribution in [0.25, 0.3) is 5.76 Å². The van der Waals surface area contributed by atoms with Crippen LogP contribution in [0.2, 0.25) is 0 Å². The molecule has 3 aromatic rings. The van der Waals surface area contributed by atoms with Crippen molar-refractivity contribution in [3.63, 3.8) is 0 Å². The van der Waals surface area contributed by atoms with Gasteiger partial charge in [0.15, 0.2) is 0 Å². The topological polar surface area (TPSA) is 66.8 Å². The number of ketones is 1. The second-order valence-corrected chi connectivity index (χ2v) is 7.94. The molecule has 1 aliphatic rings. The minimum Gasteiger partial charge on any atom is -0.507 e. The van der Waals surface area contributed by atoms with Gasteiger partial charge >= 0.3 is 0 Å². The Morgan fingerprint density at radius 3 is 2.42 bits per heavy atom. The van der Waals surface area contributed by atoms with Gasteiger partial charge in [-0.3, -0.25) is 14.5 Å². The molecule has 4 rings (SSSR count). The van der Waals surface area contributed by atoms with E-state index in [2.05, 4.69) is 0 Å². The van der Waals surface area contributed by atoms with Crippen LogP contribution in [0.3, 0.4) is 0 Å². The number of benzene rings is 3. The maximum atomic E-state index is 14.0. The quantitative estimate of drug-likeness (QED) is 0.307. The average Bonchev–Trinajstić information content (AvgIpc) is 3.08. The Balaban J connectivity index is 1.86. The normalized spacial score (nSPS) is 17.4. The van der Waals surface area contributed by atoms with Gasteiger partial charge in [0.2, 0.25) is 0 Å². The highest BCUT2D eigenvalue weighted by atomic mass is 19.1. The molecule has 0 saturated carbocycles. The molecule has 0 spiro atoms. The summed E-state index contributed by atoms with van der Waals surface area (Å²) in [4.78, 5) is 27.5. The smallest absolute Gasteiger partial charge is 0.300 e. The van der Waals surface area contributed by atoms with Crippen LogP contribution < -0.4 is 9.64 Å². The van der Waals surface area contributed by atoms with Crippen LogP contribution in [-0.2, 0) is 9.59 Å². The lowest BCUT2D eigenvalue weighted by atomic mass is 9.94. The van der Waals surface area contributed by atoms with Gasteiger partial charge in [0.1, 0.15) is 17.3 Å². The van der Waals surface area contributed by atoms with Crippen molar-refractivity contribution < 1.29 is 23.8 Å². The van der Waals surface area contributed by atoms with E-state index in [1.165, 1.54) is 23.1 Å². The third kappa shape index (κ3) is 4.37. The van der Waals surface area contributed by atoms with Crippen molar-refractivity contribution in [3.05, 3.63) is 101 Å². The predicted molar refractivity (Wildman–Crippen MR) is 125 cm³/mol. The molecule has 1 heterocycles. The Kier molecular flexibility index (Phi) is 6.27. The molecule has 1 aliphatic heterocycles. The Morgan fingerprint density at radius 2 is 1.76 bits per heavy atom. The summed E-state index contributed by atoms with van der Waals surface area (Å²) in [6.45, 7) is 4.47. The number of nitrogens with zero attached hydrogens (tertiary/aromatic N) is 1. The fourth-order valence-electron chi connectivity index (χ4n) is 3.96. The van der Waals surface area contributed by atoms with Crippen molar-refractivity contribution in [2.24, 2.45) is 0 Å². The lowest BCUT2D eigenvalue weighted by Gasteiger charge is -2.25. The number of aliphatic hydroxyl groups excluding tert-OH is 1. The summed E-state index contributed by atoms with van der Waals surface area (Å²) >= 11 is 0. The summed E-state index contributed by atoms with van der Waals surface area (Å²) in [5, 5.41) is 11.2. The number of amides is 1. The standard InChI is InChI=1S/C27H24FNO4/c1-3-14-33-22-12-10-18(11-13-22)25(30)23-24(19-7-4-6-17(2)15-19)29(27(32)26(23)31)21-9-5-8-20(28)16-21/h4-13,15-16,24,30H,3,14H2,1-2H3/b25-23+. The van der Waals surface area contributed by atoms with Crippen LogP contribution in [0.4, 0.5) is 10.1 Å². The van der Waals surface area contributed by atoms with Gasteiger partial charge in [0, 0.05) is 11.3 Å². The zero-order chi connectivity index (χ0) is 23.5. The number of carbonyl (C=O) groups is 2. The van der Waals surface area contributed by atoms with Crippen LogP contribution in [0.5, 0.6) is 5.75 Å². The highest BCUT2D eigenvalue weighted by molar-refractivity contribution is 6.51. The molecule has 5 nitrogen and oxygen atoms in total. The fourth-order valence-corrected chi connectivity index (χ4v) is 3.96. The maximum Gasteiger partial charge on any atom is 0.300 e. The zero-order valence-corrected chi connectivity index (χ0v) is 18.4. The van der Waals surface area contributed by atoms with Gasteiger partial charge in [-0.05, 0) is 61.4 Å². The Bertz CT molecular complexity index is 1230. The number of aryl methyl sites for hydroxylation is 1. The molecule has 1 unspecified atom stereocenters. The van der Waals surface area contributed by atoms with E-state index in [1.54, 1.807) is 36.4 Å². The molecule has 1 atom stereocenters. The molecule has 168 valence electrons. The van der Waals surface area contributed by atoms with Gasteiger partial charge in [-0.25, -0.2) is 4.39 Å². The predicted octanol–water partition coefficient (Wildman–Crippen LogP) is 5.55. The largest absolute Gasteiger partial charge is 0.507 e. The molecule has 1 N–H and O–H groups in total. The first-order valence-electron chi connectivity index (χ1n) is 10.8. The number of halogens is 1. The molecule has 0 bridgehead atoms. The summed E-state index contributed by atoms with van der Waals surface area (Å²) in [5.41, 5.74) is 2.15. The first-order chi connectivity index (χ1) is 15.9. The molecule has 1 saturated heterocycles. The number of aliphatic hydroxyl groups is 1. The molecule has 3 aromatic carbocycles. The summed E-state index contributed by atoms with van der Waals surface area (Å²) < 4.78 is 19.6. The second-order valence-electron chi connectivity index (χ2n) is 7.94. The van der Waals surface area contributed by atoms with Gasteiger partial charge < -0.3 is 9.84 Å². The van der Waals surface area contributed by atoms with E-state index in [9.17, 15) is 19.1 Å². The van der Waals surface area contributed by atoms with E-state index in [1.807, 2.05) is 32.0 Å². The number of rotatable bonds is 6. The summed E-state index contributed by atoms with van der Waals surface area (Å²) in [5.74, 6) is -1.82. The maximum absolute atomic E-state index is 14.0. The first-order valence-corrected chi connectivity index (χ1v) is 10.8. The van der Waals surface area contributed by atoms with Crippen molar-refractivity contribution in [3.8, 4) is 5.75 Å². The molecular weight excluding hydrogens is 421 g/mol. The van der Waals surface area contributed by atoms with Gasteiger partial charge in [0.25, 0.3) is 11.7 Å². The number of carbonyl (C=O) groups excluding carboxylic acids is 2. The third-order valence-electron chi connectivity index (χ3n) is 5.49. The second kappa shape index (κ2) is 9.28. The highest BCUT2D eigenvalue weighted by Crippen LogP contribution is 2.42. The van der Waals surface area contributed by atoms with Crippen molar-refractivity contribution >= 4 is 23.1 Å². The molecule has 1 fully saturated rings. The van der Waals surface area contributed by atoms with Gasteiger partial charge in [-0.15, -0.1) is 0 Å². The van der Waals surface area contributed by atoms with Crippen LogP contribution in [0, 0.1) is 12.7 Å². The SMILES string of the molecule is CCCOc1ccc(/C(O)=C2\C(=O)C(=O)N(c3cccc(F)c3)C2c2cccc(C)c2)cc1. The van der Waals surface area contributed by atoms with Crippen LogP contribution in [-0.4, -0.2) is 23.4 Å². The summed E-state index contributed by atoms with van der Waals surface area (Å²) in [6.07, 6.45) is 0.863. The summed E-state index contributed by atoms with van der Waals surface area (Å²) in [7, 11) is 0. The van der Waals surface area contributed by atoms with E-state index in [0.717, 1.165) is 12.0 Å². The first kappa shape index (κ1) is 22.3. The number of ether oxygens (including phenoxy) is 1. The molecule has 1 amide bonds. The van der Waals surface area contributed by atoms with Crippen molar-refractivity contribution in [2.45, 2.75) is 26.3 Å². The monoisotopic (exact) mass is 445 g/mol. The van der Waals surface area contributed by atoms with E-state index in [-0.39, 0.29) is 17.0 Å². The number of hydrogen-bond acceptors (Lipinski definition) is 4. The molecule has 0 radical (unpaired) electrons. The molecule has 0 aromatic heterocycles. The number of Topliss-reactive ketones (excluding diaryl/α,β-unsaturated/α-hetero) is 1. The van der Waals surface area contributed by atoms with Crippen molar-refractivity contribution in [2.75, 3.05) is 11.5 Å². The molecular formula is C27H24FNO4. The van der Waals surface area contributed by atoms with E-state index in [4.69, 9.17) is 4.74 Å². The van der Waals surface area contributed by atoms with Crippen LogP contribution >= 0.6 is 0 Å². The minimum absolute atomic E-state index is 0.0444. The number of anilines is 1. The van der Waals surface area contributed by atoms with Crippen molar-refractivity contribution in [1.29, 1.82) is 0 Å². The van der Waals surface area contributed by atoms with Crippen LogP contribution in [0.1, 0.15) is 36.1 Å². The fraction of sp³-hybridized carbons (Fsp3) is 0.185. The third-order valence-corrected chi connectivity index (χ3v) is 5.49. The van der Waals surface area contributed by atoms with E-state index < -0.39 is 23.5 Å². The summed E-state index contributed by atoms with van der Waals surface area (Å²) in [6, 6.07) is 18.6. The molecule has 33 heavy (non-hydrogen) atoms. The van der Waals surface area contributed by atoms with Gasteiger partial charge in [-0.2, -0.15) is 0 Å². The lowest BCUT2D eigenvalue weighted by molar-refractivity contribution is -0.132. The number of hydrogen-bond donors (Lipinski definition) is 1. The minimum atomic E-state index is -0.900. The van der Waals surface area contributed by atoms with Crippen LogP contribution in [0.15, 0.2) is 78.4 Å². The van der Waals surface area contributed by atoms with E-state index in [0.29, 0.717) is 23.5 Å². The van der Waals surface area contributed by atoms with E-state index >= 15 is 0 Å². The molecule has 0 aliphatic carbocycles. The average molecular weight is 445 g/mol.